The monoisotopic (exact) mass is 235 g/mol. The van der Waals surface area contributed by atoms with Gasteiger partial charge in [0.25, 0.3) is 0 Å². The van der Waals surface area contributed by atoms with Crippen LogP contribution in [0.1, 0.15) is 0 Å². The van der Waals surface area contributed by atoms with Crippen LogP contribution in [0.2, 0.25) is 0 Å². The molecule has 0 spiro atoms. The molecule has 0 aliphatic rings. The van der Waals surface area contributed by atoms with E-state index < -0.39 is 0 Å². The predicted octanol–water partition coefficient (Wildman–Crippen LogP) is 1.33. The number of urea groups is 1. The number of hydrogen-bond acceptors (Lipinski definition) is 3. The van der Waals surface area contributed by atoms with Crippen molar-refractivity contribution in [2.45, 2.75) is 0 Å². The van der Waals surface area contributed by atoms with E-state index in [0.29, 0.717) is 18.8 Å². The number of amides is 2. The van der Waals surface area contributed by atoms with Gasteiger partial charge in [0.05, 0.1) is 7.11 Å². The second kappa shape index (κ2) is 7.29. The Bertz CT molecular complexity index is 374. The second-order valence-electron chi connectivity index (χ2n) is 3.27. The van der Waals surface area contributed by atoms with Crippen LogP contribution in [0.5, 0.6) is 5.75 Å². The first-order valence-corrected chi connectivity index (χ1v) is 5.30. The minimum Gasteiger partial charge on any atom is -0.497 e. The molecule has 92 valence electrons. The molecule has 1 aromatic carbocycles. The number of ether oxygens (including phenoxy) is 1. The molecule has 0 fully saturated rings. The van der Waals surface area contributed by atoms with Crippen LogP contribution in [-0.2, 0) is 0 Å². The van der Waals surface area contributed by atoms with Crippen molar-refractivity contribution in [2.24, 2.45) is 5.73 Å². The maximum Gasteiger partial charge on any atom is 0.319 e. The van der Waals surface area contributed by atoms with Gasteiger partial charge in [-0.25, -0.2) is 4.79 Å². The van der Waals surface area contributed by atoms with Gasteiger partial charge in [-0.3, -0.25) is 0 Å². The third-order valence-electron chi connectivity index (χ3n) is 2.03. The molecule has 4 N–H and O–H groups in total. The van der Waals surface area contributed by atoms with Gasteiger partial charge >= 0.3 is 6.03 Å². The van der Waals surface area contributed by atoms with E-state index >= 15 is 0 Å². The summed E-state index contributed by atoms with van der Waals surface area (Å²) in [7, 11) is 1.60. The SMILES string of the molecule is COc1ccc(NC(=O)NC/C=C/CN)cc1. The van der Waals surface area contributed by atoms with Crippen molar-refractivity contribution in [3.63, 3.8) is 0 Å². The van der Waals surface area contributed by atoms with E-state index in [1.807, 2.05) is 0 Å². The molecule has 0 bridgehead atoms. The van der Waals surface area contributed by atoms with Gasteiger partial charge in [0.1, 0.15) is 5.75 Å². The summed E-state index contributed by atoms with van der Waals surface area (Å²) < 4.78 is 5.02. The van der Waals surface area contributed by atoms with E-state index in [1.165, 1.54) is 0 Å². The van der Waals surface area contributed by atoms with Gasteiger partial charge in [0, 0.05) is 18.8 Å². The summed E-state index contributed by atoms with van der Waals surface area (Å²) in [5, 5.41) is 5.37. The molecule has 2 amide bonds. The van der Waals surface area contributed by atoms with Crippen LogP contribution in [0.15, 0.2) is 36.4 Å². The molecule has 1 rings (SSSR count). The zero-order valence-corrected chi connectivity index (χ0v) is 9.77. The molecule has 0 atom stereocenters. The lowest BCUT2D eigenvalue weighted by Crippen LogP contribution is -2.28. The van der Waals surface area contributed by atoms with Crippen LogP contribution >= 0.6 is 0 Å². The molecular weight excluding hydrogens is 218 g/mol. The second-order valence-corrected chi connectivity index (χ2v) is 3.27. The van der Waals surface area contributed by atoms with Gasteiger partial charge in [0.2, 0.25) is 0 Å². The Labute approximate surface area is 101 Å². The topological polar surface area (TPSA) is 76.4 Å². The van der Waals surface area contributed by atoms with Crippen LogP contribution in [0, 0.1) is 0 Å². The van der Waals surface area contributed by atoms with Gasteiger partial charge in [-0.15, -0.1) is 0 Å². The van der Waals surface area contributed by atoms with Crippen LogP contribution < -0.4 is 21.1 Å². The summed E-state index contributed by atoms with van der Waals surface area (Å²) in [5.74, 6) is 0.752. The number of methoxy groups -OCH3 is 1. The predicted molar refractivity (Wildman–Crippen MR) is 68.2 cm³/mol. The molecule has 5 heteroatoms. The van der Waals surface area contributed by atoms with Crippen LogP contribution in [0.3, 0.4) is 0 Å². The summed E-state index contributed by atoms with van der Waals surface area (Å²) in [4.78, 5) is 11.4. The molecular formula is C12H17N3O2. The number of carbonyl (C=O) groups is 1. The normalized spacial score (nSPS) is 10.2. The first kappa shape index (κ1) is 13.1. The van der Waals surface area contributed by atoms with E-state index in [4.69, 9.17) is 10.5 Å². The fourth-order valence-corrected chi connectivity index (χ4v) is 1.18. The Balaban J connectivity index is 2.37. The number of anilines is 1. The van der Waals surface area contributed by atoms with Crippen molar-refractivity contribution in [1.82, 2.24) is 5.32 Å². The summed E-state index contributed by atoms with van der Waals surface area (Å²) in [6.45, 7) is 0.932. The average molecular weight is 235 g/mol. The minimum absolute atomic E-state index is 0.253. The molecule has 17 heavy (non-hydrogen) atoms. The molecule has 0 radical (unpaired) electrons. The van der Waals surface area contributed by atoms with Crippen LogP contribution in [-0.4, -0.2) is 26.2 Å². The Morgan fingerprint density at radius 2 is 2.06 bits per heavy atom. The van der Waals surface area contributed by atoms with E-state index in [1.54, 1.807) is 43.5 Å². The fourth-order valence-electron chi connectivity index (χ4n) is 1.18. The fraction of sp³-hybridized carbons (Fsp3) is 0.250. The molecule has 1 aromatic rings. The maximum absolute atomic E-state index is 11.4. The van der Waals surface area contributed by atoms with Crippen molar-refractivity contribution in [1.29, 1.82) is 0 Å². The highest BCUT2D eigenvalue weighted by Crippen LogP contribution is 2.14. The number of hydrogen-bond donors (Lipinski definition) is 3. The zero-order chi connectivity index (χ0) is 12.5. The van der Waals surface area contributed by atoms with E-state index in [-0.39, 0.29) is 6.03 Å². The molecule has 0 aliphatic carbocycles. The highest BCUT2D eigenvalue weighted by Gasteiger charge is 1.99. The molecule has 5 nitrogen and oxygen atoms in total. The summed E-state index contributed by atoms with van der Waals surface area (Å²) >= 11 is 0. The van der Waals surface area contributed by atoms with E-state index in [0.717, 1.165) is 5.75 Å². The molecule has 0 aromatic heterocycles. The first-order valence-electron chi connectivity index (χ1n) is 5.30. The quantitative estimate of drug-likeness (QED) is 0.674. The first-order chi connectivity index (χ1) is 8.26. The number of nitrogens with one attached hydrogen (secondary N) is 2. The van der Waals surface area contributed by atoms with E-state index in [9.17, 15) is 4.79 Å². The maximum atomic E-state index is 11.4. The highest BCUT2D eigenvalue weighted by molar-refractivity contribution is 5.89. The molecule has 0 saturated carbocycles. The Kier molecular flexibility index (Phi) is 5.60. The Hall–Kier alpha value is -2.01. The van der Waals surface area contributed by atoms with Gasteiger partial charge in [-0.1, -0.05) is 12.2 Å². The standard InChI is InChI=1S/C12H17N3O2/c1-17-11-6-4-10(5-7-11)15-12(16)14-9-3-2-8-13/h2-7H,8-9,13H2,1H3,(H2,14,15,16)/b3-2+. The summed E-state index contributed by atoms with van der Waals surface area (Å²) in [6.07, 6.45) is 3.58. The van der Waals surface area contributed by atoms with Gasteiger partial charge in [-0.05, 0) is 24.3 Å². The van der Waals surface area contributed by atoms with E-state index in [2.05, 4.69) is 10.6 Å². The molecule has 0 unspecified atom stereocenters. The third kappa shape index (κ3) is 5.03. The lowest BCUT2D eigenvalue weighted by atomic mass is 10.3. The lowest BCUT2D eigenvalue weighted by molar-refractivity contribution is 0.253. The van der Waals surface area contributed by atoms with Crippen molar-refractivity contribution >= 4 is 11.7 Å². The Morgan fingerprint density at radius 1 is 1.35 bits per heavy atom. The lowest BCUT2D eigenvalue weighted by Gasteiger charge is -2.06. The van der Waals surface area contributed by atoms with Crippen LogP contribution in [0.4, 0.5) is 10.5 Å². The van der Waals surface area contributed by atoms with Gasteiger partial charge in [0.15, 0.2) is 0 Å². The molecule has 0 saturated heterocycles. The van der Waals surface area contributed by atoms with Crippen molar-refractivity contribution in [2.75, 3.05) is 25.5 Å². The molecule has 0 aliphatic heterocycles. The minimum atomic E-state index is -0.253. The highest BCUT2D eigenvalue weighted by atomic mass is 16.5. The third-order valence-corrected chi connectivity index (χ3v) is 2.03. The largest absolute Gasteiger partial charge is 0.497 e. The zero-order valence-electron chi connectivity index (χ0n) is 9.77. The smallest absolute Gasteiger partial charge is 0.319 e. The Morgan fingerprint density at radius 3 is 2.65 bits per heavy atom. The number of nitrogens with two attached hydrogens (primary N) is 1. The summed E-state index contributed by atoms with van der Waals surface area (Å²) in [6, 6.07) is 6.85. The van der Waals surface area contributed by atoms with Crippen molar-refractivity contribution in [3.05, 3.63) is 36.4 Å². The molecule has 0 heterocycles. The summed E-state index contributed by atoms with van der Waals surface area (Å²) in [5.41, 5.74) is 5.98. The number of benzene rings is 1. The number of rotatable bonds is 5. The van der Waals surface area contributed by atoms with Gasteiger partial charge < -0.3 is 21.1 Å². The van der Waals surface area contributed by atoms with Crippen LogP contribution in [0.25, 0.3) is 0 Å². The average Bonchev–Trinajstić information content (AvgIpc) is 2.36. The number of carbonyl (C=O) groups excluding carboxylic acids is 1. The van der Waals surface area contributed by atoms with Crippen molar-refractivity contribution in [3.8, 4) is 5.75 Å². The van der Waals surface area contributed by atoms with Gasteiger partial charge in [-0.2, -0.15) is 0 Å². The van der Waals surface area contributed by atoms with Crippen molar-refractivity contribution < 1.29 is 9.53 Å².